The third-order valence-electron chi connectivity index (χ3n) is 2.26. The number of carbonyl (C=O) groups excluding carboxylic acids is 1. The lowest BCUT2D eigenvalue weighted by Gasteiger charge is -2.15. The largest absolute Gasteiger partial charge is 0.346 e. The second-order valence-corrected chi connectivity index (χ2v) is 3.83. The van der Waals surface area contributed by atoms with E-state index in [1.165, 1.54) is 18.2 Å². The summed E-state index contributed by atoms with van der Waals surface area (Å²) in [6, 6.07) is 5.83. The maximum atomic E-state index is 12.7. The number of hydrogen-bond acceptors (Lipinski definition) is 2. The van der Waals surface area contributed by atoms with Gasteiger partial charge in [-0.1, -0.05) is 17.9 Å². The molecule has 0 saturated heterocycles. The first-order valence-electron chi connectivity index (χ1n) is 5.60. The van der Waals surface area contributed by atoms with Gasteiger partial charge < -0.3 is 11.1 Å². The van der Waals surface area contributed by atoms with Gasteiger partial charge in [-0.2, -0.15) is 8.78 Å². The van der Waals surface area contributed by atoms with Crippen molar-refractivity contribution < 1.29 is 22.4 Å². The van der Waals surface area contributed by atoms with E-state index in [-0.39, 0.29) is 12.1 Å². The van der Waals surface area contributed by atoms with E-state index in [1.54, 1.807) is 11.4 Å². The molecule has 0 aliphatic rings. The van der Waals surface area contributed by atoms with Crippen LogP contribution in [0.3, 0.4) is 0 Å². The van der Waals surface area contributed by atoms with Crippen molar-refractivity contribution in [2.45, 2.75) is 12.3 Å². The first-order chi connectivity index (χ1) is 9.36. The van der Waals surface area contributed by atoms with Crippen molar-refractivity contribution in [3.8, 4) is 11.8 Å². The van der Waals surface area contributed by atoms with Crippen LogP contribution in [0.1, 0.15) is 15.9 Å². The predicted molar refractivity (Wildman–Crippen MR) is 65.7 cm³/mol. The van der Waals surface area contributed by atoms with Gasteiger partial charge in [-0.05, 0) is 18.2 Å². The summed E-state index contributed by atoms with van der Waals surface area (Å²) in [5, 5.41) is 1.76. The standard InChI is InChI=1S/C13H12F4N2O/c14-12(15)13(16,17)8-19-11(20)10-5-1-3-9(7-10)4-2-6-18/h1,3,5,7,12H,6,8,18H2,(H,19,20). The third kappa shape index (κ3) is 4.55. The van der Waals surface area contributed by atoms with Crippen LogP contribution in [0.5, 0.6) is 0 Å². The van der Waals surface area contributed by atoms with Crippen molar-refractivity contribution >= 4 is 5.91 Å². The molecule has 1 aromatic carbocycles. The fraction of sp³-hybridized carbons (Fsp3) is 0.308. The molecular formula is C13H12F4N2O. The molecule has 3 N–H and O–H groups in total. The Morgan fingerprint density at radius 2 is 2.10 bits per heavy atom. The molecule has 0 heterocycles. The highest BCUT2D eigenvalue weighted by atomic mass is 19.3. The van der Waals surface area contributed by atoms with Gasteiger partial charge in [-0.15, -0.1) is 0 Å². The Hall–Kier alpha value is -2.07. The highest BCUT2D eigenvalue weighted by Crippen LogP contribution is 2.21. The molecule has 1 amide bonds. The van der Waals surface area contributed by atoms with Gasteiger partial charge in [0.2, 0.25) is 0 Å². The quantitative estimate of drug-likeness (QED) is 0.653. The predicted octanol–water partition coefficient (Wildman–Crippen LogP) is 1.63. The second-order valence-electron chi connectivity index (χ2n) is 3.83. The normalized spacial score (nSPS) is 10.9. The summed E-state index contributed by atoms with van der Waals surface area (Å²) in [7, 11) is 0. The second kappa shape index (κ2) is 6.91. The Morgan fingerprint density at radius 3 is 2.70 bits per heavy atom. The zero-order valence-electron chi connectivity index (χ0n) is 10.3. The van der Waals surface area contributed by atoms with Crippen LogP contribution in [-0.4, -0.2) is 31.3 Å². The number of rotatable bonds is 4. The van der Waals surface area contributed by atoms with Crippen molar-refractivity contribution in [1.29, 1.82) is 0 Å². The molecule has 7 heteroatoms. The van der Waals surface area contributed by atoms with Crippen molar-refractivity contribution in [2.24, 2.45) is 5.73 Å². The molecular weight excluding hydrogens is 276 g/mol. The molecule has 0 unspecified atom stereocenters. The number of nitrogens with one attached hydrogen (secondary N) is 1. The van der Waals surface area contributed by atoms with Crippen molar-refractivity contribution in [3.63, 3.8) is 0 Å². The molecule has 1 rings (SSSR count). The van der Waals surface area contributed by atoms with E-state index in [1.807, 2.05) is 0 Å². The molecule has 0 bridgehead atoms. The van der Waals surface area contributed by atoms with Crippen molar-refractivity contribution in [2.75, 3.05) is 13.1 Å². The van der Waals surface area contributed by atoms with Crippen molar-refractivity contribution in [1.82, 2.24) is 5.32 Å². The van der Waals surface area contributed by atoms with Crippen LogP contribution in [0.2, 0.25) is 0 Å². The minimum absolute atomic E-state index is 0.0545. The van der Waals surface area contributed by atoms with Gasteiger partial charge in [0.1, 0.15) is 0 Å². The summed E-state index contributed by atoms with van der Waals surface area (Å²) in [6.45, 7) is -1.29. The SMILES string of the molecule is NCC#Cc1cccc(C(=O)NCC(F)(F)C(F)F)c1. The molecule has 0 saturated carbocycles. The Labute approximate surface area is 113 Å². The zero-order valence-corrected chi connectivity index (χ0v) is 10.3. The van der Waals surface area contributed by atoms with Gasteiger partial charge in [0.15, 0.2) is 0 Å². The molecule has 0 aliphatic carbocycles. The average Bonchev–Trinajstić information content (AvgIpc) is 2.42. The fourth-order valence-electron chi connectivity index (χ4n) is 1.27. The Morgan fingerprint density at radius 1 is 1.40 bits per heavy atom. The number of benzene rings is 1. The minimum atomic E-state index is -4.26. The van der Waals surface area contributed by atoms with E-state index in [9.17, 15) is 22.4 Å². The van der Waals surface area contributed by atoms with Gasteiger partial charge in [-0.3, -0.25) is 4.79 Å². The topological polar surface area (TPSA) is 55.1 Å². The van der Waals surface area contributed by atoms with Crippen LogP contribution in [0.15, 0.2) is 24.3 Å². The lowest BCUT2D eigenvalue weighted by atomic mass is 10.1. The Kier molecular flexibility index (Phi) is 5.53. The number of alkyl halides is 4. The number of carbonyl (C=O) groups is 1. The lowest BCUT2D eigenvalue weighted by molar-refractivity contribution is -0.123. The maximum absolute atomic E-state index is 12.7. The number of hydrogen-bond donors (Lipinski definition) is 2. The van der Waals surface area contributed by atoms with Gasteiger partial charge in [0.05, 0.1) is 13.1 Å². The highest BCUT2D eigenvalue weighted by molar-refractivity contribution is 5.94. The average molecular weight is 288 g/mol. The molecule has 3 nitrogen and oxygen atoms in total. The summed E-state index contributed by atoms with van der Waals surface area (Å²) in [5.41, 5.74) is 5.72. The monoisotopic (exact) mass is 288 g/mol. The molecule has 1 aromatic rings. The summed E-state index contributed by atoms with van der Waals surface area (Å²) in [5.74, 6) is 0.105. The van der Waals surface area contributed by atoms with Crippen LogP contribution >= 0.6 is 0 Å². The highest BCUT2D eigenvalue weighted by Gasteiger charge is 2.40. The number of halogens is 4. The van der Waals surface area contributed by atoms with E-state index < -0.39 is 24.8 Å². The molecule has 20 heavy (non-hydrogen) atoms. The molecule has 0 atom stereocenters. The summed E-state index contributed by atoms with van der Waals surface area (Å²) in [4.78, 5) is 11.6. The number of nitrogens with two attached hydrogens (primary N) is 1. The number of amides is 1. The van der Waals surface area contributed by atoms with Crippen LogP contribution in [0, 0.1) is 11.8 Å². The maximum Gasteiger partial charge on any atom is 0.324 e. The lowest BCUT2D eigenvalue weighted by Crippen LogP contribution is -2.41. The minimum Gasteiger partial charge on any atom is -0.346 e. The molecule has 0 radical (unpaired) electrons. The van der Waals surface area contributed by atoms with Gasteiger partial charge in [-0.25, -0.2) is 8.78 Å². The van der Waals surface area contributed by atoms with Crippen LogP contribution in [0.25, 0.3) is 0 Å². The van der Waals surface area contributed by atoms with E-state index in [4.69, 9.17) is 5.73 Å². The zero-order chi connectivity index (χ0) is 15.2. The first kappa shape index (κ1) is 16.0. The molecule has 108 valence electrons. The third-order valence-corrected chi connectivity index (χ3v) is 2.26. The molecule has 0 aromatic heterocycles. The summed E-state index contributed by atoms with van der Waals surface area (Å²) in [6.07, 6.45) is -3.83. The van der Waals surface area contributed by atoms with E-state index in [0.29, 0.717) is 5.56 Å². The van der Waals surface area contributed by atoms with E-state index >= 15 is 0 Å². The van der Waals surface area contributed by atoms with Crippen LogP contribution in [0.4, 0.5) is 17.6 Å². The van der Waals surface area contributed by atoms with Gasteiger partial charge in [0, 0.05) is 11.1 Å². The summed E-state index contributed by atoms with van der Waals surface area (Å²) < 4.78 is 49.2. The Balaban J connectivity index is 2.73. The van der Waals surface area contributed by atoms with Gasteiger partial charge in [0.25, 0.3) is 5.91 Å². The van der Waals surface area contributed by atoms with Gasteiger partial charge >= 0.3 is 12.3 Å². The fourth-order valence-corrected chi connectivity index (χ4v) is 1.27. The summed E-state index contributed by atoms with van der Waals surface area (Å²) >= 11 is 0. The van der Waals surface area contributed by atoms with Crippen LogP contribution < -0.4 is 11.1 Å². The van der Waals surface area contributed by atoms with Crippen molar-refractivity contribution in [3.05, 3.63) is 35.4 Å². The van der Waals surface area contributed by atoms with E-state index in [0.717, 1.165) is 0 Å². The van der Waals surface area contributed by atoms with E-state index in [2.05, 4.69) is 11.8 Å². The molecule has 0 aliphatic heterocycles. The first-order valence-corrected chi connectivity index (χ1v) is 5.60. The molecule has 0 spiro atoms. The van der Waals surface area contributed by atoms with Crippen LogP contribution in [-0.2, 0) is 0 Å². The Bertz CT molecular complexity index is 535. The smallest absolute Gasteiger partial charge is 0.324 e. The molecule has 0 fully saturated rings.